The van der Waals surface area contributed by atoms with E-state index in [9.17, 15) is 4.79 Å². The molecule has 90 valence electrons. The number of nitrogens with zero attached hydrogens (tertiary/aromatic N) is 3. The SMILES string of the molecule is CCC(N)CSCCn1cc(C(=O)O)nn1. The number of rotatable bonds is 7. The van der Waals surface area contributed by atoms with E-state index < -0.39 is 5.97 Å². The lowest BCUT2D eigenvalue weighted by molar-refractivity contribution is 0.0690. The number of thioether (sulfide) groups is 1. The zero-order valence-corrected chi connectivity index (χ0v) is 9.98. The Kier molecular flexibility index (Phi) is 5.27. The van der Waals surface area contributed by atoms with Crippen molar-refractivity contribution in [3.8, 4) is 0 Å². The lowest BCUT2D eigenvalue weighted by atomic mass is 10.3. The van der Waals surface area contributed by atoms with Gasteiger partial charge in [-0.2, -0.15) is 11.8 Å². The van der Waals surface area contributed by atoms with Gasteiger partial charge in [0.1, 0.15) is 0 Å². The van der Waals surface area contributed by atoms with E-state index in [-0.39, 0.29) is 11.7 Å². The third kappa shape index (κ3) is 4.19. The third-order valence-electron chi connectivity index (χ3n) is 2.08. The third-order valence-corrected chi connectivity index (χ3v) is 3.21. The van der Waals surface area contributed by atoms with Gasteiger partial charge in [0.25, 0.3) is 0 Å². The normalized spacial score (nSPS) is 12.6. The van der Waals surface area contributed by atoms with Crippen molar-refractivity contribution in [3.05, 3.63) is 11.9 Å². The smallest absolute Gasteiger partial charge is 0.358 e. The summed E-state index contributed by atoms with van der Waals surface area (Å²) in [7, 11) is 0. The summed E-state index contributed by atoms with van der Waals surface area (Å²) in [5, 5.41) is 15.9. The predicted molar refractivity (Wildman–Crippen MR) is 62.6 cm³/mol. The molecule has 0 radical (unpaired) electrons. The van der Waals surface area contributed by atoms with Gasteiger partial charge in [0.05, 0.1) is 12.7 Å². The fourth-order valence-electron chi connectivity index (χ4n) is 1.02. The maximum Gasteiger partial charge on any atom is 0.358 e. The molecule has 0 fully saturated rings. The van der Waals surface area contributed by atoms with Gasteiger partial charge in [-0.25, -0.2) is 4.79 Å². The van der Waals surface area contributed by atoms with Gasteiger partial charge >= 0.3 is 5.97 Å². The van der Waals surface area contributed by atoms with Gasteiger partial charge in [-0.05, 0) is 6.42 Å². The Bertz CT molecular complexity index is 342. The van der Waals surface area contributed by atoms with Crippen molar-refractivity contribution < 1.29 is 9.90 Å². The molecule has 1 atom stereocenters. The van der Waals surface area contributed by atoms with Crippen molar-refractivity contribution in [1.29, 1.82) is 0 Å². The summed E-state index contributed by atoms with van der Waals surface area (Å²) in [5.74, 6) is 0.722. The average Bonchev–Trinajstić information content (AvgIpc) is 2.72. The van der Waals surface area contributed by atoms with Crippen LogP contribution in [0.15, 0.2) is 6.20 Å². The van der Waals surface area contributed by atoms with Crippen molar-refractivity contribution in [3.63, 3.8) is 0 Å². The fourth-order valence-corrected chi connectivity index (χ4v) is 2.04. The van der Waals surface area contributed by atoms with Crippen LogP contribution in [0.1, 0.15) is 23.8 Å². The second kappa shape index (κ2) is 6.49. The van der Waals surface area contributed by atoms with Crippen LogP contribution in [0.5, 0.6) is 0 Å². The molecule has 0 aromatic carbocycles. The van der Waals surface area contributed by atoms with Gasteiger partial charge in [-0.1, -0.05) is 12.1 Å². The van der Waals surface area contributed by atoms with Crippen LogP contribution in [-0.2, 0) is 6.54 Å². The maximum atomic E-state index is 10.5. The van der Waals surface area contributed by atoms with Crippen LogP contribution in [-0.4, -0.2) is 43.6 Å². The van der Waals surface area contributed by atoms with Crippen LogP contribution in [0.2, 0.25) is 0 Å². The quantitative estimate of drug-likeness (QED) is 0.676. The standard InChI is InChI=1S/C9H16N4O2S/c1-2-7(10)6-16-4-3-13-5-8(9(14)15)11-12-13/h5,7H,2-4,6,10H2,1H3,(H,14,15). The minimum atomic E-state index is -1.05. The lowest BCUT2D eigenvalue weighted by Crippen LogP contribution is -2.21. The summed E-state index contributed by atoms with van der Waals surface area (Å²) in [6.07, 6.45) is 2.40. The number of carboxylic acids is 1. The van der Waals surface area contributed by atoms with Crippen molar-refractivity contribution >= 4 is 17.7 Å². The molecule has 1 aromatic heterocycles. The number of hydrogen-bond acceptors (Lipinski definition) is 5. The van der Waals surface area contributed by atoms with Crippen molar-refractivity contribution in [2.45, 2.75) is 25.9 Å². The molecule has 1 aromatic rings. The highest BCUT2D eigenvalue weighted by Gasteiger charge is 2.07. The van der Waals surface area contributed by atoms with Gasteiger partial charge in [0.2, 0.25) is 0 Å². The summed E-state index contributed by atoms with van der Waals surface area (Å²) in [6.45, 7) is 2.71. The van der Waals surface area contributed by atoms with E-state index in [0.717, 1.165) is 17.9 Å². The lowest BCUT2D eigenvalue weighted by Gasteiger charge is -2.07. The molecule has 0 aliphatic heterocycles. The first kappa shape index (κ1) is 13.0. The number of aromatic carboxylic acids is 1. The Morgan fingerprint density at radius 1 is 1.75 bits per heavy atom. The molecular formula is C9H16N4O2S. The van der Waals surface area contributed by atoms with Crippen LogP contribution in [0, 0.1) is 0 Å². The van der Waals surface area contributed by atoms with E-state index in [4.69, 9.17) is 10.8 Å². The van der Waals surface area contributed by atoms with Crippen LogP contribution in [0.3, 0.4) is 0 Å². The Morgan fingerprint density at radius 3 is 3.06 bits per heavy atom. The number of hydrogen-bond donors (Lipinski definition) is 2. The number of nitrogens with two attached hydrogens (primary N) is 1. The van der Waals surface area contributed by atoms with E-state index >= 15 is 0 Å². The minimum Gasteiger partial charge on any atom is -0.476 e. The number of carbonyl (C=O) groups is 1. The van der Waals surface area contributed by atoms with Gasteiger partial charge in [-0.3, -0.25) is 4.68 Å². The number of aryl methyl sites for hydroxylation is 1. The molecule has 1 heterocycles. The van der Waals surface area contributed by atoms with E-state index in [1.165, 1.54) is 10.9 Å². The molecule has 0 aliphatic rings. The topological polar surface area (TPSA) is 94.0 Å². The summed E-state index contributed by atoms with van der Waals surface area (Å²) in [6, 6.07) is 0.232. The molecule has 0 spiro atoms. The fraction of sp³-hybridized carbons (Fsp3) is 0.667. The molecule has 0 saturated carbocycles. The molecule has 7 heteroatoms. The summed E-state index contributed by atoms with van der Waals surface area (Å²) in [4.78, 5) is 10.5. The first-order chi connectivity index (χ1) is 7.63. The molecule has 6 nitrogen and oxygen atoms in total. The zero-order chi connectivity index (χ0) is 12.0. The Balaban J connectivity index is 2.24. The van der Waals surface area contributed by atoms with Gasteiger partial charge in [-0.15, -0.1) is 5.10 Å². The number of carboxylic acid groups (broad SMARTS) is 1. The van der Waals surface area contributed by atoms with E-state index in [1.54, 1.807) is 11.8 Å². The van der Waals surface area contributed by atoms with Crippen molar-refractivity contribution in [2.24, 2.45) is 5.73 Å². The zero-order valence-electron chi connectivity index (χ0n) is 9.17. The molecule has 0 aliphatic carbocycles. The monoisotopic (exact) mass is 244 g/mol. The molecular weight excluding hydrogens is 228 g/mol. The summed E-state index contributed by atoms with van der Waals surface area (Å²) >= 11 is 1.74. The molecule has 16 heavy (non-hydrogen) atoms. The summed E-state index contributed by atoms with van der Waals surface area (Å²) in [5.41, 5.74) is 5.74. The van der Waals surface area contributed by atoms with Crippen LogP contribution >= 0.6 is 11.8 Å². The molecule has 1 unspecified atom stereocenters. The first-order valence-corrected chi connectivity index (χ1v) is 6.25. The van der Waals surface area contributed by atoms with Crippen molar-refractivity contribution in [2.75, 3.05) is 11.5 Å². The van der Waals surface area contributed by atoms with E-state index in [1.807, 2.05) is 0 Å². The predicted octanol–water partition coefficient (Wildman–Crippen LogP) is 0.447. The van der Waals surface area contributed by atoms with Gasteiger partial charge in [0.15, 0.2) is 5.69 Å². The largest absolute Gasteiger partial charge is 0.476 e. The molecule has 0 amide bonds. The molecule has 3 N–H and O–H groups in total. The van der Waals surface area contributed by atoms with Crippen LogP contribution < -0.4 is 5.73 Å². The highest BCUT2D eigenvalue weighted by atomic mass is 32.2. The minimum absolute atomic E-state index is 0.0183. The number of aromatic nitrogens is 3. The first-order valence-electron chi connectivity index (χ1n) is 5.10. The second-order valence-electron chi connectivity index (χ2n) is 3.42. The van der Waals surface area contributed by atoms with Gasteiger partial charge in [0, 0.05) is 17.5 Å². The second-order valence-corrected chi connectivity index (χ2v) is 4.57. The maximum absolute atomic E-state index is 10.5. The van der Waals surface area contributed by atoms with Gasteiger partial charge < -0.3 is 10.8 Å². The molecule has 1 rings (SSSR count). The average molecular weight is 244 g/mol. The van der Waals surface area contributed by atoms with E-state index in [0.29, 0.717) is 6.54 Å². The Labute approximate surface area is 98.2 Å². The Morgan fingerprint density at radius 2 is 2.50 bits per heavy atom. The highest BCUT2D eigenvalue weighted by molar-refractivity contribution is 7.99. The van der Waals surface area contributed by atoms with E-state index in [2.05, 4.69) is 17.2 Å². The Hall–Kier alpha value is -1.08. The molecule has 0 saturated heterocycles. The highest BCUT2D eigenvalue weighted by Crippen LogP contribution is 2.04. The van der Waals surface area contributed by atoms with Crippen LogP contribution in [0.25, 0.3) is 0 Å². The molecule has 0 bridgehead atoms. The summed E-state index contributed by atoms with van der Waals surface area (Å²) < 4.78 is 1.54. The van der Waals surface area contributed by atoms with Crippen LogP contribution in [0.4, 0.5) is 0 Å². The van der Waals surface area contributed by atoms with Crippen molar-refractivity contribution in [1.82, 2.24) is 15.0 Å².